The van der Waals surface area contributed by atoms with Crippen LogP contribution in [0.1, 0.15) is 11.1 Å². The number of fused-ring (bicyclic) bond motifs is 3. The Morgan fingerprint density at radius 3 is 2.00 bits per heavy atom. The zero-order chi connectivity index (χ0) is 15.1. The fourth-order valence-corrected chi connectivity index (χ4v) is 3.21. The van der Waals surface area contributed by atoms with Gasteiger partial charge in [-0.3, -0.25) is 0 Å². The molecule has 0 saturated carbocycles. The maximum absolute atomic E-state index is 7.55. The van der Waals surface area contributed by atoms with E-state index in [2.05, 4.69) is 72.2 Å². The highest BCUT2D eigenvalue weighted by atomic mass is 15.0. The maximum atomic E-state index is 7.55. The fraction of sp³-hybridized carbons (Fsp3) is 0.0500. The molecule has 4 rings (SSSR count). The van der Waals surface area contributed by atoms with Crippen LogP contribution in [0.15, 0.2) is 66.7 Å². The first kappa shape index (κ1) is 12.8. The van der Waals surface area contributed by atoms with E-state index >= 15 is 0 Å². The van der Waals surface area contributed by atoms with Crippen molar-refractivity contribution in [3.8, 4) is 5.69 Å². The number of aryl methyl sites for hydroxylation is 1. The summed E-state index contributed by atoms with van der Waals surface area (Å²) >= 11 is 0. The highest BCUT2D eigenvalue weighted by Crippen LogP contribution is 2.32. The molecule has 0 amide bonds. The molecule has 0 aliphatic heterocycles. The number of nitrogens with one attached hydrogen (secondary N) is 1. The van der Waals surface area contributed by atoms with E-state index in [1.54, 1.807) is 0 Å². The molecule has 0 unspecified atom stereocenters. The van der Waals surface area contributed by atoms with E-state index in [-0.39, 0.29) is 0 Å². The van der Waals surface area contributed by atoms with Crippen LogP contribution in [-0.4, -0.2) is 10.8 Å². The van der Waals surface area contributed by atoms with Gasteiger partial charge in [-0.1, -0.05) is 42.5 Å². The van der Waals surface area contributed by atoms with Gasteiger partial charge in [-0.05, 0) is 42.3 Å². The van der Waals surface area contributed by atoms with E-state index < -0.39 is 0 Å². The number of hydrogen-bond donors (Lipinski definition) is 1. The average Bonchev–Trinajstić information content (AvgIpc) is 2.89. The van der Waals surface area contributed by atoms with Crippen LogP contribution in [0.2, 0.25) is 0 Å². The molecular formula is C20H16N2. The summed E-state index contributed by atoms with van der Waals surface area (Å²) in [5.74, 6) is 0. The quantitative estimate of drug-likeness (QED) is 0.497. The van der Waals surface area contributed by atoms with Crippen molar-refractivity contribution in [2.75, 3.05) is 0 Å². The Kier molecular flexibility index (Phi) is 2.83. The number of aromatic nitrogens is 1. The molecule has 2 heteroatoms. The lowest BCUT2D eigenvalue weighted by atomic mass is 10.1. The summed E-state index contributed by atoms with van der Waals surface area (Å²) in [5, 5.41) is 10.1. The predicted molar refractivity (Wildman–Crippen MR) is 93.4 cm³/mol. The molecule has 0 spiro atoms. The van der Waals surface area contributed by atoms with Gasteiger partial charge in [0.05, 0.1) is 11.0 Å². The first-order valence-electron chi connectivity index (χ1n) is 7.38. The molecule has 0 aliphatic carbocycles. The van der Waals surface area contributed by atoms with Crippen molar-refractivity contribution in [1.29, 1.82) is 5.41 Å². The molecule has 0 bridgehead atoms. The highest BCUT2D eigenvalue weighted by molar-refractivity contribution is 6.09. The smallest absolute Gasteiger partial charge is 0.0541 e. The topological polar surface area (TPSA) is 28.8 Å². The molecular weight excluding hydrogens is 268 g/mol. The molecule has 0 fully saturated rings. The van der Waals surface area contributed by atoms with Crippen LogP contribution < -0.4 is 0 Å². The molecule has 0 aliphatic rings. The second-order valence-electron chi connectivity index (χ2n) is 5.62. The first-order chi connectivity index (χ1) is 10.8. The minimum Gasteiger partial charge on any atom is -0.309 e. The van der Waals surface area contributed by atoms with Gasteiger partial charge in [0.15, 0.2) is 0 Å². The van der Waals surface area contributed by atoms with Gasteiger partial charge in [0.2, 0.25) is 0 Å². The normalized spacial score (nSPS) is 11.1. The Balaban J connectivity index is 2.17. The molecule has 1 aromatic heterocycles. The SMILES string of the molecule is Cc1cc(C=N)cc(-n2c3ccccc3c3ccccc32)c1. The van der Waals surface area contributed by atoms with Crippen LogP contribution in [0, 0.1) is 12.3 Å². The third-order valence-corrected chi connectivity index (χ3v) is 4.09. The molecule has 0 saturated heterocycles. The Morgan fingerprint density at radius 2 is 1.41 bits per heavy atom. The van der Waals surface area contributed by atoms with Crippen LogP contribution >= 0.6 is 0 Å². The number of rotatable bonds is 2. The standard InChI is InChI=1S/C20H16N2/c1-14-10-15(13-21)12-16(11-14)22-19-8-4-2-6-17(19)18-7-3-5-9-20(18)22/h2-13,21H,1H3. The summed E-state index contributed by atoms with van der Waals surface area (Å²) in [4.78, 5) is 0. The van der Waals surface area contributed by atoms with Crippen molar-refractivity contribution >= 4 is 28.0 Å². The molecule has 0 radical (unpaired) electrons. The van der Waals surface area contributed by atoms with E-state index in [1.165, 1.54) is 28.0 Å². The summed E-state index contributed by atoms with van der Waals surface area (Å²) in [6.45, 7) is 2.07. The molecule has 3 aromatic carbocycles. The minimum atomic E-state index is 0.928. The van der Waals surface area contributed by atoms with Crippen molar-refractivity contribution < 1.29 is 0 Å². The number of para-hydroxylation sites is 2. The lowest BCUT2D eigenvalue weighted by Crippen LogP contribution is -1.96. The van der Waals surface area contributed by atoms with Gasteiger partial charge < -0.3 is 9.98 Å². The van der Waals surface area contributed by atoms with Crippen molar-refractivity contribution in [2.24, 2.45) is 0 Å². The third kappa shape index (κ3) is 1.85. The molecule has 1 N–H and O–H groups in total. The lowest BCUT2D eigenvalue weighted by Gasteiger charge is -2.10. The van der Waals surface area contributed by atoms with E-state index in [0.29, 0.717) is 0 Å². The van der Waals surface area contributed by atoms with Gasteiger partial charge >= 0.3 is 0 Å². The van der Waals surface area contributed by atoms with Gasteiger partial charge in [-0.25, -0.2) is 0 Å². The van der Waals surface area contributed by atoms with Crippen molar-refractivity contribution in [1.82, 2.24) is 4.57 Å². The Labute approximate surface area is 129 Å². The Bertz CT molecular complexity index is 956. The highest BCUT2D eigenvalue weighted by Gasteiger charge is 2.11. The van der Waals surface area contributed by atoms with Crippen molar-refractivity contribution in [3.63, 3.8) is 0 Å². The molecule has 22 heavy (non-hydrogen) atoms. The monoisotopic (exact) mass is 284 g/mol. The summed E-state index contributed by atoms with van der Waals surface area (Å²) in [7, 11) is 0. The largest absolute Gasteiger partial charge is 0.309 e. The molecule has 0 atom stereocenters. The van der Waals surface area contributed by atoms with Gasteiger partial charge in [-0.15, -0.1) is 0 Å². The minimum absolute atomic E-state index is 0.928. The van der Waals surface area contributed by atoms with Crippen LogP contribution in [0.3, 0.4) is 0 Å². The summed E-state index contributed by atoms with van der Waals surface area (Å²) in [5.41, 5.74) is 5.60. The van der Waals surface area contributed by atoms with Crippen LogP contribution in [0.4, 0.5) is 0 Å². The molecule has 106 valence electrons. The third-order valence-electron chi connectivity index (χ3n) is 4.09. The zero-order valence-electron chi connectivity index (χ0n) is 12.4. The van der Waals surface area contributed by atoms with Crippen LogP contribution in [0.5, 0.6) is 0 Å². The van der Waals surface area contributed by atoms with Gasteiger partial charge in [0.25, 0.3) is 0 Å². The summed E-state index contributed by atoms with van der Waals surface area (Å²) in [6, 6.07) is 23.2. The second-order valence-corrected chi connectivity index (χ2v) is 5.62. The van der Waals surface area contributed by atoms with E-state index in [1.807, 2.05) is 6.07 Å². The zero-order valence-corrected chi connectivity index (χ0v) is 12.4. The molecule has 1 heterocycles. The van der Waals surface area contributed by atoms with Gasteiger partial charge in [0.1, 0.15) is 0 Å². The fourth-order valence-electron chi connectivity index (χ4n) is 3.21. The Morgan fingerprint density at radius 1 is 0.818 bits per heavy atom. The summed E-state index contributed by atoms with van der Waals surface area (Å²) in [6.07, 6.45) is 1.41. The van der Waals surface area contributed by atoms with E-state index in [9.17, 15) is 0 Å². The molecule has 2 nitrogen and oxygen atoms in total. The van der Waals surface area contributed by atoms with Crippen LogP contribution in [0.25, 0.3) is 27.5 Å². The Hall–Kier alpha value is -2.87. The first-order valence-corrected chi connectivity index (χ1v) is 7.38. The van der Waals surface area contributed by atoms with Gasteiger partial charge in [-0.2, -0.15) is 0 Å². The van der Waals surface area contributed by atoms with Crippen molar-refractivity contribution in [2.45, 2.75) is 6.92 Å². The number of benzene rings is 3. The predicted octanol–water partition coefficient (Wildman–Crippen LogP) is 5.09. The van der Waals surface area contributed by atoms with Crippen molar-refractivity contribution in [3.05, 3.63) is 77.9 Å². The number of nitrogens with zero attached hydrogens (tertiary/aromatic N) is 1. The number of hydrogen-bond acceptors (Lipinski definition) is 1. The van der Waals surface area contributed by atoms with E-state index in [4.69, 9.17) is 5.41 Å². The van der Waals surface area contributed by atoms with Crippen LogP contribution in [-0.2, 0) is 0 Å². The second kappa shape index (κ2) is 4.85. The van der Waals surface area contributed by atoms with E-state index in [0.717, 1.165) is 16.8 Å². The molecule has 4 aromatic rings. The average molecular weight is 284 g/mol. The van der Waals surface area contributed by atoms with Gasteiger partial charge in [0, 0.05) is 22.7 Å². The maximum Gasteiger partial charge on any atom is 0.0541 e. The lowest BCUT2D eigenvalue weighted by molar-refractivity contribution is 1.17. The summed E-state index contributed by atoms with van der Waals surface area (Å²) < 4.78 is 2.28.